The van der Waals surface area contributed by atoms with Crippen molar-refractivity contribution in [3.8, 4) is 0 Å². The Morgan fingerprint density at radius 3 is 2.50 bits per heavy atom. The Bertz CT molecular complexity index is 420. The molecule has 2 aliphatic carbocycles. The van der Waals surface area contributed by atoms with Crippen molar-refractivity contribution in [2.45, 2.75) is 65.0 Å². The van der Waals surface area contributed by atoms with E-state index >= 15 is 0 Å². The topological polar surface area (TPSA) is 36.9 Å². The zero-order valence-electron chi connectivity index (χ0n) is 14.5. The summed E-state index contributed by atoms with van der Waals surface area (Å²) < 4.78 is 5.95. The molecule has 5 heteroatoms. The van der Waals surface area contributed by atoms with Gasteiger partial charge in [-0.05, 0) is 38.0 Å². The summed E-state index contributed by atoms with van der Waals surface area (Å²) in [6.45, 7) is 9.89. The van der Waals surface area contributed by atoms with Gasteiger partial charge < -0.3 is 15.0 Å². The minimum absolute atomic E-state index is 0. The van der Waals surface area contributed by atoms with Crippen LogP contribution in [-0.2, 0) is 4.74 Å². The molecule has 4 nitrogen and oxygen atoms in total. The van der Waals surface area contributed by atoms with E-state index in [2.05, 4.69) is 36.0 Å². The Labute approximate surface area is 152 Å². The standard InChI is InChI=1S/C17H31N3O.HI/c1-5-21-14-11-13(17(14)7-6-8-17)19-15(18-4)20-10-9-16(2,3)12-20;/h13-14H,5-12H2,1-4H3,(H,18,19);1H. The number of likely N-dealkylation sites (tertiary alicyclic amines) is 1. The fourth-order valence-electron chi connectivity index (χ4n) is 4.39. The van der Waals surface area contributed by atoms with E-state index < -0.39 is 0 Å². The van der Waals surface area contributed by atoms with E-state index in [1.807, 2.05) is 7.05 Å². The molecule has 1 N–H and O–H groups in total. The van der Waals surface area contributed by atoms with Crippen LogP contribution in [0.25, 0.3) is 0 Å². The highest BCUT2D eigenvalue weighted by atomic mass is 127. The summed E-state index contributed by atoms with van der Waals surface area (Å²) in [6, 6.07) is 0.560. The van der Waals surface area contributed by atoms with E-state index in [1.54, 1.807) is 0 Å². The molecule has 1 spiro atoms. The Kier molecular flexibility index (Phi) is 5.68. The maximum atomic E-state index is 5.95. The van der Waals surface area contributed by atoms with E-state index in [1.165, 1.54) is 25.7 Å². The lowest BCUT2D eigenvalue weighted by Gasteiger charge is -2.61. The van der Waals surface area contributed by atoms with Crippen LogP contribution in [0, 0.1) is 10.8 Å². The summed E-state index contributed by atoms with van der Waals surface area (Å²) in [5.74, 6) is 1.10. The Morgan fingerprint density at radius 2 is 2.05 bits per heavy atom. The molecule has 22 heavy (non-hydrogen) atoms. The van der Waals surface area contributed by atoms with Crippen LogP contribution in [0.5, 0.6) is 0 Å². The minimum Gasteiger partial charge on any atom is -0.378 e. The first-order chi connectivity index (χ1) is 10.0. The van der Waals surface area contributed by atoms with Crippen LogP contribution in [0.4, 0.5) is 0 Å². The lowest BCUT2D eigenvalue weighted by atomic mass is 9.51. The van der Waals surface area contributed by atoms with Crippen LogP contribution < -0.4 is 5.32 Å². The van der Waals surface area contributed by atoms with Crippen LogP contribution >= 0.6 is 24.0 Å². The number of nitrogens with one attached hydrogen (secondary N) is 1. The van der Waals surface area contributed by atoms with Gasteiger partial charge in [-0.3, -0.25) is 4.99 Å². The van der Waals surface area contributed by atoms with Crippen molar-refractivity contribution in [1.82, 2.24) is 10.2 Å². The van der Waals surface area contributed by atoms with Crippen LogP contribution in [-0.4, -0.2) is 49.7 Å². The van der Waals surface area contributed by atoms with E-state index in [0.717, 1.165) is 32.1 Å². The normalized spacial score (nSPS) is 32.2. The number of rotatable bonds is 3. The summed E-state index contributed by atoms with van der Waals surface area (Å²) in [6.07, 6.45) is 6.86. The lowest BCUT2D eigenvalue weighted by Crippen LogP contribution is -2.68. The fraction of sp³-hybridized carbons (Fsp3) is 0.941. The molecule has 3 fully saturated rings. The molecule has 3 rings (SSSR count). The molecule has 0 bridgehead atoms. The highest BCUT2D eigenvalue weighted by Gasteiger charge is 2.59. The molecule has 0 aromatic rings. The van der Waals surface area contributed by atoms with E-state index in [9.17, 15) is 0 Å². The monoisotopic (exact) mass is 421 g/mol. The van der Waals surface area contributed by atoms with Gasteiger partial charge in [0.2, 0.25) is 0 Å². The molecule has 128 valence electrons. The van der Waals surface area contributed by atoms with Gasteiger partial charge in [0, 0.05) is 38.2 Å². The molecular weight excluding hydrogens is 389 g/mol. The molecule has 2 atom stereocenters. The summed E-state index contributed by atoms with van der Waals surface area (Å²) in [7, 11) is 1.92. The van der Waals surface area contributed by atoms with Gasteiger partial charge >= 0.3 is 0 Å². The third-order valence-corrected chi connectivity index (χ3v) is 5.93. The van der Waals surface area contributed by atoms with Gasteiger partial charge in [-0.1, -0.05) is 20.3 Å². The molecule has 0 radical (unpaired) electrons. The third-order valence-electron chi connectivity index (χ3n) is 5.93. The van der Waals surface area contributed by atoms with Gasteiger partial charge in [0.05, 0.1) is 6.10 Å². The van der Waals surface area contributed by atoms with Crippen molar-refractivity contribution in [2.24, 2.45) is 15.8 Å². The molecule has 1 heterocycles. The van der Waals surface area contributed by atoms with E-state index in [-0.39, 0.29) is 24.0 Å². The van der Waals surface area contributed by atoms with Gasteiger partial charge in [0.1, 0.15) is 0 Å². The van der Waals surface area contributed by atoms with Crippen molar-refractivity contribution in [2.75, 3.05) is 26.7 Å². The van der Waals surface area contributed by atoms with E-state index in [0.29, 0.717) is 23.0 Å². The molecule has 2 saturated carbocycles. The molecule has 1 aliphatic heterocycles. The number of guanidine groups is 1. The van der Waals surface area contributed by atoms with Crippen LogP contribution in [0.3, 0.4) is 0 Å². The first-order valence-corrected chi connectivity index (χ1v) is 8.61. The second-order valence-corrected chi connectivity index (χ2v) is 7.85. The summed E-state index contributed by atoms with van der Waals surface area (Å²) in [5.41, 5.74) is 0.820. The predicted molar refractivity (Wildman–Crippen MR) is 102 cm³/mol. The van der Waals surface area contributed by atoms with Gasteiger partial charge in [0.15, 0.2) is 5.96 Å². The lowest BCUT2D eigenvalue weighted by molar-refractivity contribution is -0.168. The Balaban J connectivity index is 0.00000176. The predicted octanol–water partition coefficient (Wildman–Crippen LogP) is 3.26. The van der Waals surface area contributed by atoms with E-state index in [4.69, 9.17) is 4.74 Å². The molecule has 3 aliphatic rings. The Hall–Kier alpha value is -0.0400. The molecule has 1 saturated heterocycles. The SMILES string of the molecule is CCOC1CC(NC(=NC)N2CCC(C)(C)C2)C12CCC2.I. The average molecular weight is 421 g/mol. The first-order valence-electron chi connectivity index (χ1n) is 8.61. The molecule has 0 aromatic carbocycles. The molecule has 2 unspecified atom stereocenters. The number of hydrogen-bond donors (Lipinski definition) is 1. The number of halogens is 1. The van der Waals surface area contributed by atoms with Gasteiger partial charge in [0.25, 0.3) is 0 Å². The van der Waals surface area contributed by atoms with Gasteiger partial charge in [-0.25, -0.2) is 0 Å². The smallest absolute Gasteiger partial charge is 0.193 e. The molecular formula is C17H32IN3O. The van der Waals surface area contributed by atoms with Crippen LogP contribution in [0.1, 0.15) is 52.9 Å². The zero-order chi connectivity index (χ0) is 15.1. The maximum absolute atomic E-state index is 5.95. The highest BCUT2D eigenvalue weighted by Crippen LogP contribution is 2.57. The number of hydrogen-bond acceptors (Lipinski definition) is 2. The van der Waals surface area contributed by atoms with Gasteiger partial charge in [-0.15, -0.1) is 24.0 Å². The van der Waals surface area contributed by atoms with Crippen LogP contribution in [0.2, 0.25) is 0 Å². The molecule has 0 amide bonds. The summed E-state index contributed by atoms with van der Waals surface area (Å²) in [4.78, 5) is 6.97. The van der Waals surface area contributed by atoms with Crippen molar-refractivity contribution in [3.05, 3.63) is 0 Å². The molecule has 0 aromatic heterocycles. The second kappa shape index (κ2) is 6.83. The minimum atomic E-state index is 0. The van der Waals surface area contributed by atoms with Crippen molar-refractivity contribution in [1.29, 1.82) is 0 Å². The highest BCUT2D eigenvalue weighted by molar-refractivity contribution is 14.0. The number of aliphatic imine (C=N–C) groups is 1. The van der Waals surface area contributed by atoms with Gasteiger partial charge in [-0.2, -0.15) is 0 Å². The van der Waals surface area contributed by atoms with Crippen molar-refractivity contribution >= 4 is 29.9 Å². The van der Waals surface area contributed by atoms with Crippen molar-refractivity contribution in [3.63, 3.8) is 0 Å². The third kappa shape index (κ3) is 3.12. The van der Waals surface area contributed by atoms with Crippen molar-refractivity contribution < 1.29 is 4.74 Å². The maximum Gasteiger partial charge on any atom is 0.193 e. The summed E-state index contributed by atoms with van der Waals surface area (Å²) >= 11 is 0. The quantitative estimate of drug-likeness (QED) is 0.432. The second-order valence-electron chi connectivity index (χ2n) is 7.85. The first kappa shape index (κ1) is 18.3. The van der Waals surface area contributed by atoms with Crippen LogP contribution in [0.15, 0.2) is 4.99 Å². The largest absolute Gasteiger partial charge is 0.378 e. The fourth-order valence-corrected chi connectivity index (χ4v) is 4.39. The summed E-state index contributed by atoms with van der Waals surface area (Å²) in [5, 5.41) is 3.76. The Morgan fingerprint density at radius 1 is 1.32 bits per heavy atom. The zero-order valence-corrected chi connectivity index (χ0v) is 16.9. The number of nitrogens with zero attached hydrogens (tertiary/aromatic N) is 2. The number of ether oxygens (including phenoxy) is 1. The average Bonchev–Trinajstić information content (AvgIpc) is 2.71.